The Morgan fingerprint density at radius 2 is 1.52 bits per heavy atom. The lowest BCUT2D eigenvalue weighted by molar-refractivity contribution is 0.404. The van der Waals surface area contributed by atoms with E-state index in [1.807, 2.05) is 26.0 Å². The van der Waals surface area contributed by atoms with Gasteiger partial charge in [-0.1, -0.05) is 37.5 Å². The molecule has 6 nitrogen and oxygen atoms in total. The fraction of sp³-hybridized carbons (Fsp3) is 0.647. The fourth-order valence-corrected chi connectivity index (χ4v) is 5.30. The summed E-state index contributed by atoms with van der Waals surface area (Å²) in [4.78, 5) is 0.273. The predicted octanol–water partition coefficient (Wildman–Crippen LogP) is 2.34. The van der Waals surface area contributed by atoms with Crippen LogP contribution in [-0.2, 0) is 20.0 Å². The average molecular weight is 391 g/mol. The first kappa shape index (κ1) is 22.1. The van der Waals surface area contributed by atoms with E-state index in [4.69, 9.17) is 0 Å². The van der Waals surface area contributed by atoms with Gasteiger partial charge in [-0.15, -0.1) is 0 Å². The molecule has 0 heterocycles. The van der Waals surface area contributed by atoms with Gasteiger partial charge in [0.2, 0.25) is 20.0 Å². The zero-order valence-electron chi connectivity index (χ0n) is 15.8. The Labute approximate surface area is 152 Å². The van der Waals surface area contributed by atoms with Gasteiger partial charge in [0.05, 0.1) is 11.2 Å². The van der Waals surface area contributed by atoms with E-state index in [0.29, 0.717) is 17.7 Å². The Kier molecular flexibility index (Phi) is 8.05. The topological polar surface area (TPSA) is 83.6 Å². The lowest BCUT2D eigenvalue weighted by Gasteiger charge is -2.20. The van der Waals surface area contributed by atoms with Crippen LogP contribution in [0.3, 0.4) is 0 Å². The Bertz CT molecular complexity index is 764. The standard InChI is InChI=1S/C17H30N2O4S2/c1-6-7-8-10-19(24(5,20)21)11-9-18-25(22,23)17-15(3)12-14(2)13-16(17)4/h12-13,18H,6-11H2,1-5H3. The van der Waals surface area contributed by atoms with Gasteiger partial charge in [-0.25, -0.2) is 25.9 Å². The Balaban J connectivity index is 2.82. The number of nitrogens with zero attached hydrogens (tertiary/aromatic N) is 1. The van der Waals surface area contributed by atoms with Gasteiger partial charge in [-0.2, -0.15) is 0 Å². The van der Waals surface area contributed by atoms with Crippen molar-refractivity contribution in [2.24, 2.45) is 0 Å². The Morgan fingerprint density at radius 3 is 2.00 bits per heavy atom. The lowest BCUT2D eigenvalue weighted by Crippen LogP contribution is -2.38. The summed E-state index contributed by atoms with van der Waals surface area (Å²) in [5, 5.41) is 0. The SMILES string of the molecule is CCCCCN(CCNS(=O)(=O)c1c(C)cc(C)cc1C)S(C)(=O)=O. The van der Waals surface area contributed by atoms with Gasteiger partial charge in [-0.05, 0) is 38.3 Å². The van der Waals surface area contributed by atoms with E-state index in [1.165, 1.54) is 4.31 Å². The molecule has 0 aromatic heterocycles. The summed E-state index contributed by atoms with van der Waals surface area (Å²) in [6.45, 7) is 8.09. The molecule has 1 aromatic carbocycles. The largest absolute Gasteiger partial charge is 0.241 e. The molecule has 0 amide bonds. The first-order chi connectivity index (χ1) is 11.5. The first-order valence-corrected chi connectivity index (χ1v) is 11.8. The van der Waals surface area contributed by atoms with Crippen LogP contribution in [0, 0.1) is 20.8 Å². The van der Waals surface area contributed by atoms with E-state index in [0.717, 1.165) is 31.1 Å². The lowest BCUT2D eigenvalue weighted by atomic mass is 10.1. The molecular formula is C17H30N2O4S2. The number of unbranched alkanes of at least 4 members (excludes halogenated alkanes) is 2. The molecule has 1 N–H and O–H groups in total. The fourth-order valence-electron chi connectivity index (χ4n) is 2.95. The van der Waals surface area contributed by atoms with Crippen LogP contribution < -0.4 is 4.72 Å². The van der Waals surface area contributed by atoms with Crippen LogP contribution in [0.15, 0.2) is 17.0 Å². The Hall–Kier alpha value is -0.960. The zero-order chi connectivity index (χ0) is 19.3. The summed E-state index contributed by atoms with van der Waals surface area (Å²) in [6.07, 6.45) is 3.87. The summed E-state index contributed by atoms with van der Waals surface area (Å²) in [5.74, 6) is 0. The monoisotopic (exact) mass is 390 g/mol. The van der Waals surface area contributed by atoms with Gasteiger partial charge in [0, 0.05) is 19.6 Å². The van der Waals surface area contributed by atoms with Crippen molar-refractivity contribution >= 4 is 20.0 Å². The number of benzene rings is 1. The summed E-state index contributed by atoms with van der Waals surface area (Å²) >= 11 is 0. The molecule has 0 aliphatic rings. The van der Waals surface area contributed by atoms with Crippen LogP contribution in [0.25, 0.3) is 0 Å². The second kappa shape index (κ2) is 9.12. The number of hydrogen-bond donors (Lipinski definition) is 1. The van der Waals surface area contributed by atoms with Crippen LogP contribution in [0.2, 0.25) is 0 Å². The molecule has 0 bridgehead atoms. The van der Waals surface area contributed by atoms with Crippen LogP contribution >= 0.6 is 0 Å². The van der Waals surface area contributed by atoms with Crippen LogP contribution in [0.1, 0.15) is 42.9 Å². The highest BCUT2D eigenvalue weighted by atomic mass is 32.2. The third-order valence-corrected chi connectivity index (χ3v) is 7.08. The van der Waals surface area contributed by atoms with Crippen molar-refractivity contribution in [2.45, 2.75) is 51.9 Å². The van der Waals surface area contributed by atoms with Gasteiger partial charge >= 0.3 is 0 Å². The van der Waals surface area contributed by atoms with Crippen molar-refractivity contribution in [1.82, 2.24) is 9.03 Å². The molecule has 8 heteroatoms. The molecule has 0 aliphatic carbocycles. The van der Waals surface area contributed by atoms with Gasteiger partial charge in [-0.3, -0.25) is 0 Å². The molecular weight excluding hydrogens is 360 g/mol. The smallest absolute Gasteiger partial charge is 0.213 e. The van der Waals surface area contributed by atoms with Crippen molar-refractivity contribution in [2.75, 3.05) is 25.9 Å². The Morgan fingerprint density at radius 1 is 0.960 bits per heavy atom. The average Bonchev–Trinajstić information content (AvgIpc) is 2.43. The third kappa shape index (κ3) is 6.69. The van der Waals surface area contributed by atoms with Crippen LogP contribution in [-0.4, -0.2) is 47.0 Å². The summed E-state index contributed by atoms with van der Waals surface area (Å²) < 4.78 is 52.8. The highest BCUT2D eigenvalue weighted by Crippen LogP contribution is 2.21. The first-order valence-electron chi connectivity index (χ1n) is 8.51. The maximum Gasteiger partial charge on any atom is 0.241 e. The second-order valence-electron chi connectivity index (χ2n) is 6.49. The van der Waals surface area contributed by atoms with Crippen molar-refractivity contribution in [3.63, 3.8) is 0 Å². The summed E-state index contributed by atoms with van der Waals surface area (Å²) in [7, 11) is -7.03. The van der Waals surface area contributed by atoms with E-state index in [1.54, 1.807) is 13.8 Å². The molecule has 0 aliphatic heterocycles. The minimum Gasteiger partial charge on any atom is -0.213 e. The number of rotatable bonds is 10. The zero-order valence-corrected chi connectivity index (χ0v) is 17.4. The molecule has 1 aromatic rings. The normalized spacial score (nSPS) is 12.7. The maximum atomic E-state index is 12.6. The van der Waals surface area contributed by atoms with E-state index < -0.39 is 20.0 Å². The van der Waals surface area contributed by atoms with Crippen molar-refractivity contribution in [1.29, 1.82) is 0 Å². The molecule has 0 spiro atoms. The number of nitrogens with one attached hydrogen (secondary N) is 1. The van der Waals surface area contributed by atoms with Gasteiger partial charge in [0.15, 0.2) is 0 Å². The van der Waals surface area contributed by atoms with Gasteiger partial charge in [0.1, 0.15) is 0 Å². The van der Waals surface area contributed by atoms with E-state index in [9.17, 15) is 16.8 Å². The summed E-state index contributed by atoms with van der Waals surface area (Å²) in [6, 6.07) is 3.66. The molecule has 0 fully saturated rings. The number of hydrogen-bond acceptors (Lipinski definition) is 4. The van der Waals surface area contributed by atoms with Gasteiger partial charge in [0.25, 0.3) is 0 Å². The highest BCUT2D eigenvalue weighted by Gasteiger charge is 2.21. The molecule has 0 radical (unpaired) electrons. The molecule has 25 heavy (non-hydrogen) atoms. The van der Waals surface area contributed by atoms with Crippen LogP contribution in [0.4, 0.5) is 0 Å². The van der Waals surface area contributed by atoms with E-state index in [-0.39, 0.29) is 18.0 Å². The minimum atomic E-state index is -3.68. The number of aryl methyl sites for hydroxylation is 3. The van der Waals surface area contributed by atoms with Crippen molar-refractivity contribution in [3.05, 3.63) is 28.8 Å². The highest BCUT2D eigenvalue weighted by molar-refractivity contribution is 7.89. The molecule has 1 rings (SSSR count). The number of sulfonamides is 2. The van der Waals surface area contributed by atoms with Crippen molar-refractivity contribution in [3.8, 4) is 0 Å². The maximum absolute atomic E-state index is 12.6. The van der Waals surface area contributed by atoms with Crippen molar-refractivity contribution < 1.29 is 16.8 Å². The molecule has 144 valence electrons. The predicted molar refractivity (Wildman–Crippen MR) is 102 cm³/mol. The minimum absolute atomic E-state index is 0.0499. The summed E-state index contributed by atoms with van der Waals surface area (Å²) in [5.41, 5.74) is 2.38. The molecule has 0 unspecified atom stereocenters. The third-order valence-electron chi connectivity index (χ3n) is 4.01. The molecule has 0 saturated heterocycles. The molecule has 0 saturated carbocycles. The second-order valence-corrected chi connectivity index (χ2v) is 10.2. The van der Waals surface area contributed by atoms with Crippen LogP contribution in [0.5, 0.6) is 0 Å². The van der Waals surface area contributed by atoms with E-state index >= 15 is 0 Å². The van der Waals surface area contributed by atoms with Gasteiger partial charge < -0.3 is 0 Å². The quantitative estimate of drug-likeness (QED) is 0.622. The van der Waals surface area contributed by atoms with E-state index in [2.05, 4.69) is 4.72 Å². The molecule has 0 atom stereocenters.